The van der Waals surface area contributed by atoms with Crippen molar-refractivity contribution >= 4 is 22.9 Å². The molecule has 2 aromatic heterocycles. The largest absolute Gasteiger partial charge is 0.393 e. The molecular formula is C29H46N6O2. The fraction of sp³-hybridized carbons (Fsp3) is 0.759. The van der Waals surface area contributed by atoms with Gasteiger partial charge in [0.05, 0.1) is 12.0 Å². The summed E-state index contributed by atoms with van der Waals surface area (Å²) in [6, 6.07) is 0.696. The van der Waals surface area contributed by atoms with Crippen molar-refractivity contribution in [3.8, 4) is 0 Å². The van der Waals surface area contributed by atoms with E-state index in [9.17, 15) is 9.90 Å². The van der Waals surface area contributed by atoms with Gasteiger partial charge >= 0.3 is 0 Å². The van der Waals surface area contributed by atoms with Crippen molar-refractivity contribution in [1.82, 2.24) is 24.3 Å². The average molecular weight is 511 g/mol. The molecule has 1 unspecified atom stereocenters. The molecule has 3 aliphatic rings. The number of aliphatic hydroxyl groups excluding tert-OH is 1. The highest BCUT2D eigenvalue weighted by atomic mass is 16.3. The zero-order valence-electron chi connectivity index (χ0n) is 23.0. The van der Waals surface area contributed by atoms with E-state index >= 15 is 0 Å². The fourth-order valence-electron chi connectivity index (χ4n) is 6.83. The molecule has 8 heteroatoms. The summed E-state index contributed by atoms with van der Waals surface area (Å²) in [6.45, 7) is 8.05. The highest BCUT2D eigenvalue weighted by Crippen LogP contribution is 2.38. The van der Waals surface area contributed by atoms with Crippen LogP contribution in [0.5, 0.6) is 0 Å². The van der Waals surface area contributed by atoms with Crippen LogP contribution in [0.3, 0.4) is 0 Å². The average Bonchev–Trinajstić information content (AvgIpc) is 3.28. The number of anilines is 1. The van der Waals surface area contributed by atoms with Crippen LogP contribution in [0.1, 0.15) is 95.6 Å². The van der Waals surface area contributed by atoms with E-state index in [1.165, 1.54) is 5.56 Å². The van der Waals surface area contributed by atoms with E-state index < -0.39 is 0 Å². The molecule has 0 aromatic carbocycles. The van der Waals surface area contributed by atoms with Crippen LogP contribution < -0.4 is 5.32 Å². The number of nitrogens with zero attached hydrogens (tertiary/aromatic N) is 5. The Morgan fingerprint density at radius 3 is 2.59 bits per heavy atom. The Labute approximate surface area is 221 Å². The maximum atomic E-state index is 13.2. The molecule has 3 fully saturated rings. The molecule has 0 spiro atoms. The van der Waals surface area contributed by atoms with Crippen molar-refractivity contribution in [2.24, 2.45) is 5.92 Å². The van der Waals surface area contributed by atoms with E-state index in [4.69, 9.17) is 9.97 Å². The lowest BCUT2D eigenvalue weighted by atomic mass is 9.88. The van der Waals surface area contributed by atoms with Gasteiger partial charge in [-0.1, -0.05) is 13.3 Å². The number of aromatic nitrogens is 3. The van der Waals surface area contributed by atoms with Crippen molar-refractivity contribution < 1.29 is 9.90 Å². The van der Waals surface area contributed by atoms with Gasteiger partial charge in [-0.15, -0.1) is 0 Å². The van der Waals surface area contributed by atoms with E-state index in [1.54, 1.807) is 0 Å². The number of aliphatic hydroxyl groups is 1. The van der Waals surface area contributed by atoms with Gasteiger partial charge < -0.3 is 24.8 Å². The molecule has 2 aromatic rings. The molecule has 1 amide bonds. The Hall–Kier alpha value is -2.19. The first kappa shape index (κ1) is 26.4. The zero-order chi connectivity index (χ0) is 25.9. The molecule has 4 heterocycles. The second-order valence-corrected chi connectivity index (χ2v) is 11.9. The second-order valence-electron chi connectivity index (χ2n) is 11.9. The van der Waals surface area contributed by atoms with Crippen LogP contribution in [-0.2, 0) is 4.79 Å². The van der Waals surface area contributed by atoms with Crippen molar-refractivity contribution in [3.05, 3.63) is 18.0 Å². The first-order valence-corrected chi connectivity index (χ1v) is 14.7. The predicted molar refractivity (Wildman–Crippen MR) is 148 cm³/mol. The quantitative estimate of drug-likeness (QED) is 0.568. The summed E-state index contributed by atoms with van der Waals surface area (Å²) in [5.74, 6) is 1.63. The molecular weight excluding hydrogens is 464 g/mol. The Morgan fingerprint density at radius 1 is 1.14 bits per heavy atom. The minimum Gasteiger partial charge on any atom is -0.393 e. The molecule has 1 saturated carbocycles. The first-order valence-electron chi connectivity index (χ1n) is 14.7. The van der Waals surface area contributed by atoms with Crippen LogP contribution in [0, 0.1) is 5.92 Å². The number of amides is 1. The smallest absolute Gasteiger partial charge is 0.226 e. The van der Waals surface area contributed by atoms with Crippen LogP contribution in [0.2, 0.25) is 0 Å². The van der Waals surface area contributed by atoms with Gasteiger partial charge in [0.25, 0.3) is 0 Å². The van der Waals surface area contributed by atoms with Gasteiger partial charge in [-0.05, 0) is 89.8 Å². The first-order chi connectivity index (χ1) is 17.9. The van der Waals surface area contributed by atoms with E-state index in [0.29, 0.717) is 29.9 Å². The van der Waals surface area contributed by atoms with Crippen LogP contribution in [0.25, 0.3) is 11.0 Å². The Kier molecular flexibility index (Phi) is 8.34. The maximum Gasteiger partial charge on any atom is 0.226 e. The predicted octanol–water partition coefficient (Wildman–Crippen LogP) is 4.56. The molecule has 8 nitrogen and oxygen atoms in total. The number of carbonyl (C=O) groups is 1. The van der Waals surface area contributed by atoms with Crippen LogP contribution in [-0.4, -0.2) is 80.7 Å². The maximum absolute atomic E-state index is 13.2. The third kappa shape index (κ3) is 5.95. The van der Waals surface area contributed by atoms with Crippen molar-refractivity contribution in [2.45, 2.75) is 102 Å². The Balaban J connectivity index is 1.35. The highest BCUT2D eigenvalue weighted by molar-refractivity contribution is 5.82. The molecule has 0 radical (unpaired) electrons. The van der Waals surface area contributed by atoms with Gasteiger partial charge in [-0.2, -0.15) is 4.98 Å². The number of nitrogens with one attached hydrogen (secondary N) is 1. The van der Waals surface area contributed by atoms with E-state index in [0.717, 1.165) is 101 Å². The number of rotatable bonds is 7. The van der Waals surface area contributed by atoms with Crippen LogP contribution in [0.4, 0.5) is 5.95 Å². The number of likely N-dealkylation sites (tertiary alicyclic amines) is 2. The molecule has 2 atom stereocenters. The van der Waals surface area contributed by atoms with E-state index in [1.807, 2.05) is 6.20 Å². The number of piperidine rings is 2. The molecule has 2 saturated heterocycles. The summed E-state index contributed by atoms with van der Waals surface area (Å²) in [6.07, 6.45) is 14.2. The molecule has 37 heavy (non-hydrogen) atoms. The minimum atomic E-state index is -0.176. The summed E-state index contributed by atoms with van der Waals surface area (Å²) in [7, 11) is 2.13. The molecule has 2 aliphatic heterocycles. The summed E-state index contributed by atoms with van der Waals surface area (Å²) < 4.78 is 2.38. The van der Waals surface area contributed by atoms with Crippen molar-refractivity contribution in [2.75, 3.05) is 38.5 Å². The lowest BCUT2D eigenvalue weighted by Crippen LogP contribution is -2.46. The van der Waals surface area contributed by atoms with Crippen molar-refractivity contribution in [1.29, 1.82) is 0 Å². The van der Waals surface area contributed by atoms with Crippen molar-refractivity contribution in [3.63, 3.8) is 0 Å². The normalized spacial score (nSPS) is 26.9. The highest BCUT2D eigenvalue weighted by Gasteiger charge is 2.33. The summed E-state index contributed by atoms with van der Waals surface area (Å²) in [4.78, 5) is 27.4. The van der Waals surface area contributed by atoms with Gasteiger partial charge in [0.1, 0.15) is 5.65 Å². The molecule has 204 valence electrons. The van der Waals surface area contributed by atoms with Crippen LogP contribution in [0.15, 0.2) is 12.4 Å². The Morgan fingerprint density at radius 2 is 1.89 bits per heavy atom. The number of carbonyl (C=O) groups excluding carboxylic acids is 1. The van der Waals surface area contributed by atoms with Gasteiger partial charge in [-0.3, -0.25) is 4.79 Å². The third-order valence-corrected chi connectivity index (χ3v) is 8.98. The lowest BCUT2D eigenvalue weighted by molar-refractivity contribution is -0.138. The standard InChI is InChI=1S/C29H46N6O2/c1-4-6-20(2)31-29-30-17-25-26(19-35(27(25)32-29)23-8-10-24(36)11-9-23)21-12-15-34(16-13-21)28(37)22-7-5-14-33(3)18-22/h17,19-24,36H,4-16,18H2,1-3H3,(H,30,31,32)/t20-,22?,23?,24?/m0/s1. The molecule has 1 aliphatic carbocycles. The lowest BCUT2D eigenvalue weighted by Gasteiger charge is -2.37. The zero-order valence-corrected chi connectivity index (χ0v) is 23.0. The van der Waals surface area contributed by atoms with E-state index in [-0.39, 0.29) is 12.0 Å². The number of fused-ring (bicyclic) bond motifs is 1. The number of hydrogen-bond donors (Lipinski definition) is 2. The van der Waals surface area contributed by atoms with Gasteiger partial charge in [0.2, 0.25) is 11.9 Å². The SMILES string of the molecule is CCC[C@H](C)Nc1ncc2c(C3CCN(C(=O)C4CCCN(C)C4)CC3)cn(C3CCC(O)CC3)c2n1. The minimum absolute atomic E-state index is 0.160. The fourth-order valence-corrected chi connectivity index (χ4v) is 6.83. The summed E-state index contributed by atoms with van der Waals surface area (Å²) in [5, 5.41) is 14.7. The topological polar surface area (TPSA) is 86.5 Å². The number of hydrogen-bond acceptors (Lipinski definition) is 6. The monoisotopic (exact) mass is 510 g/mol. The van der Waals surface area contributed by atoms with Crippen LogP contribution >= 0.6 is 0 Å². The third-order valence-electron chi connectivity index (χ3n) is 8.98. The van der Waals surface area contributed by atoms with Gasteiger partial charge in [0.15, 0.2) is 0 Å². The summed E-state index contributed by atoms with van der Waals surface area (Å²) >= 11 is 0. The van der Waals surface area contributed by atoms with E-state index in [2.05, 4.69) is 46.8 Å². The second kappa shape index (κ2) is 11.7. The molecule has 5 rings (SSSR count). The van der Waals surface area contributed by atoms with Gasteiger partial charge in [0, 0.05) is 49.5 Å². The Bertz CT molecular complexity index is 1050. The molecule has 2 N–H and O–H groups in total. The summed E-state index contributed by atoms with van der Waals surface area (Å²) in [5.41, 5.74) is 2.35. The van der Waals surface area contributed by atoms with Gasteiger partial charge in [-0.25, -0.2) is 4.98 Å². The molecule has 0 bridgehead atoms.